The van der Waals surface area contributed by atoms with E-state index in [0.29, 0.717) is 11.7 Å². The Morgan fingerprint density at radius 3 is 2.53 bits per heavy atom. The lowest BCUT2D eigenvalue weighted by molar-refractivity contribution is 0.481. The molecule has 1 aliphatic carbocycles. The molecule has 0 spiro atoms. The van der Waals surface area contributed by atoms with Crippen LogP contribution in [0, 0.1) is 0 Å². The average Bonchev–Trinajstić information content (AvgIpc) is 2.82. The van der Waals surface area contributed by atoms with Crippen molar-refractivity contribution in [2.24, 2.45) is 0 Å². The Bertz CT molecular complexity index is 556. The SMILES string of the molecule is Nc1ccc2c(O)cccc2c1C1CCCC1. The van der Waals surface area contributed by atoms with Crippen molar-refractivity contribution in [3.63, 3.8) is 0 Å². The van der Waals surface area contributed by atoms with Crippen LogP contribution in [-0.2, 0) is 0 Å². The van der Waals surface area contributed by atoms with Crippen molar-refractivity contribution in [2.75, 3.05) is 5.73 Å². The highest BCUT2D eigenvalue weighted by Crippen LogP contribution is 2.42. The number of nitrogen functional groups attached to an aromatic ring is 1. The molecule has 1 saturated carbocycles. The normalized spacial score (nSPS) is 16.7. The molecule has 2 heteroatoms. The molecule has 0 aromatic heterocycles. The quantitative estimate of drug-likeness (QED) is 0.728. The summed E-state index contributed by atoms with van der Waals surface area (Å²) in [5, 5.41) is 11.9. The molecule has 0 radical (unpaired) electrons. The van der Waals surface area contributed by atoms with Gasteiger partial charge in [-0.2, -0.15) is 0 Å². The number of anilines is 1. The minimum absolute atomic E-state index is 0.349. The molecular formula is C15H17NO. The number of phenolic OH excluding ortho intramolecular Hbond substituents is 1. The fourth-order valence-electron chi connectivity index (χ4n) is 3.05. The van der Waals surface area contributed by atoms with Crippen LogP contribution >= 0.6 is 0 Å². The molecule has 0 aliphatic heterocycles. The molecule has 2 aromatic carbocycles. The average molecular weight is 227 g/mol. The topological polar surface area (TPSA) is 46.2 Å². The molecule has 1 aliphatic rings. The summed E-state index contributed by atoms with van der Waals surface area (Å²) >= 11 is 0. The lowest BCUT2D eigenvalue weighted by Crippen LogP contribution is -2.00. The lowest BCUT2D eigenvalue weighted by atomic mass is 9.90. The van der Waals surface area contributed by atoms with Crippen molar-refractivity contribution < 1.29 is 5.11 Å². The van der Waals surface area contributed by atoms with Gasteiger partial charge in [-0.1, -0.05) is 25.0 Å². The Hall–Kier alpha value is -1.70. The summed E-state index contributed by atoms with van der Waals surface area (Å²) in [6.07, 6.45) is 5.02. The lowest BCUT2D eigenvalue weighted by Gasteiger charge is -2.16. The zero-order chi connectivity index (χ0) is 11.8. The number of benzene rings is 2. The molecule has 0 bridgehead atoms. The summed E-state index contributed by atoms with van der Waals surface area (Å²) < 4.78 is 0. The van der Waals surface area contributed by atoms with Gasteiger partial charge in [0.25, 0.3) is 0 Å². The van der Waals surface area contributed by atoms with Gasteiger partial charge in [-0.05, 0) is 47.9 Å². The van der Waals surface area contributed by atoms with E-state index in [9.17, 15) is 5.11 Å². The second kappa shape index (κ2) is 3.95. The summed E-state index contributed by atoms with van der Waals surface area (Å²) in [5.74, 6) is 0.919. The summed E-state index contributed by atoms with van der Waals surface area (Å²) in [4.78, 5) is 0. The highest BCUT2D eigenvalue weighted by atomic mass is 16.3. The van der Waals surface area contributed by atoms with Gasteiger partial charge >= 0.3 is 0 Å². The predicted molar refractivity (Wildman–Crippen MR) is 71.2 cm³/mol. The smallest absolute Gasteiger partial charge is 0.123 e. The molecule has 3 rings (SSSR count). The molecule has 2 nitrogen and oxygen atoms in total. The van der Waals surface area contributed by atoms with E-state index in [1.807, 2.05) is 18.2 Å². The highest BCUT2D eigenvalue weighted by Gasteiger charge is 2.21. The molecule has 0 atom stereocenters. The first-order valence-electron chi connectivity index (χ1n) is 6.27. The summed E-state index contributed by atoms with van der Waals surface area (Å²) in [6.45, 7) is 0. The van der Waals surface area contributed by atoms with Gasteiger partial charge in [0, 0.05) is 11.1 Å². The first kappa shape index (κ1) is 10.5. The molecular weight excluding hydrogens is 210 g/mol. The molecule has 88 valence electrons. The standard InChI is InChI=1S/C15H17NO/c16-13-9-8-11-12(6-3-7-14(11)17)15(13)10-4-1-2-5-10/h3,6-10,17H,1-2,4-5,16H2. The number of hydrogen-bond donors (Lipinski definition) is 2. The third-order valence-corrected chi connectivity index (χ3v) is 3.88. The number of fused-ring (bicyclic) bond motifs is 1. The van der Waals surface area contributed by atoms with E-state index >= 15 is 0 Å². The second-order valence-corrected chi connectivity index (χ2v) is 4.92. The molecule has 0 saturated heterocycles. The van der Waals surface area contributed by atoms with Crippen LogP contribution < -0.4 is 5.73 Å². The third-order valence-electron chi connectivity index (χ3n) is 3.88. The van der Waals surface area contributed by atoms with Crippen LogP contribution in [0.2, 0.25) is 0 Å². The van der Waals surface area contributed by atoms with Crippen molar-refractivity contribution in [2.45, 2.75) is 31.6 Å². The van der Waals surface area contributed by atoms with Crippen LogP contribution in [-0.4, -0.2) is 5.11 Å². The van der Waals surface area contributed by atoms with E-state index in [-0.39, 0.29) is 0 Å². The maximum atomic E-state index is 9.89. The van der Waals surface area contributed by atoms with Crippen LogP contribution in [0.15, 0.2) is 30.3 Å². The third kappa shape index (κ3) is 1.64. The zero-order valence-corrected chi connectivity index (χ0v) is 9.82. The number of nitrogens with two attached hydrogens (primary N) is 1. The molecule has 0 unspecified atom stereocenters. The molecule has 0 heterocycles. The zero-order valence-electron chi connectivity index (χ0n) is 9.82. The van der Waals surface area contributed by atoms with Crippen molar-refractivity contribution in [1.29, 1.82) is 0 Å². The van der Waals surface area contributed by atoms with Crippen LogP contribution in [0.25, 0.3) is 10.8 Å². The van der Waals surface area contributed by atoms with Gasteiger partial charge in [0.1, 0.15) is 5.75 Å². The summed E-state index contributed by atoms with van der Waals surface area (Å²) in [5.41, 5.74) is 8.25. The first-order valence-corrected chi connectivity index (χ1v) is 6.27. The molecule has 17 heavy (non-hydrogen) atoms. The van der Waals surface area contributed by atoms with E-state index in [2.05, 4.69) is 6.07 Å². The van der Waals surface area contributed by atoms with Crippen LogP contribution in [0.4, 0.5) is 5.69 Å². The maximum Gasteiger partial charge on any atom is 0.123 e. The number of rotatable bonds is 1. The van der Waals surface area contributed by atoms with E-state index in [1.54, 1.807) is 6.07 Å². The Balaban J connectivity index is 2.27. The first-order chi connectivity index (χ1) is 8.27. The number of aromatic hydroxyl groups is 1. The van der Waals surface area contributed by atoms with Crippen LogP contribution in [0.1, 0.15) is 37.2 Å². The highest BCUT2D eigenvalue weighted by molar-refractivity contribution is 5.94. The summed E-state index contributed by atoms with van der Waals surface area (Å²) in [6, 6.07) is 9.54. The monoisotopic (exact) mass is 227 g/mol. The Morgan fingerprint density at radius 2 is 1.76 bits per heavy atom. The molecule has 0 amide bonds. The van der Waals surface area contributed by atoms with Gasteiger partial charge < -0.3 is 10.8 Å². The van der Waals surface area contributed by atoms with Gasteiger partial charge in [-0.15, -0.1) is 0 Å². The Kier molecular flexibility index (Phi) is 2.43. The fourth-order valence-corrected chi connectivity index (χ4v) is 3.05. The largest absolute Gasteiger partial charge is 0.507 e. The fraction of sp³-hybridized carbons (Fsp3) is 0.333. The second-order valence-electron chi connectivity index (χ2n) is 4.92. The van der Waals surface area contributed by atoms with Gasteiger partial charge in [0.15, 0.2) is 0 Å². The van der Waals surface area contributed by atoms with Crippen molar-refractivity contribution in [3.05, 3.63) is 35.9 Å². The Labute approximate surface area is 101 Å². The van der Waals surface area contributed by atoms with Gasteiger partial charge in [0.05, 0.1) is 0 Å². The molecule has 2 aromatic rings. The predicted octanol–water partition coefficient (Wildman–Crippen LogP) is 3.79. The van der Waals surface area contributed by atoms with Gasteiger partial charge in [-0.25, -0.2) is 0 Å². The molecule has 1 fully saturated rings. The summed E-state index contributed by atoms with van der Waals surface area (Å²) in [7, 11) is 0. The van der Waals surface area contributed by atoms with E-state index < -0.39 is 0 Å². The van der Waals surface area contributed by atoms with Crippen LogP contribution in [0.3, 0.4) is 0 Å². The number of hydrogen-bond acceptors (Lipinski definition) is 2. The van der Waals surface area contributed by atoms with Crippen molar-refractivity contribution >= 4 is 16.5 Å². The minimum atomic E-state index is 0.349. The van der Waals surface area contributed by atoms with E-state index in [1.165, 1.54) is 31.2 Å². The van der Waals surface area contributed by atoms with Crippen LogP contribution in [0.5, 0.6) is 5.75 Å². The van der Waals surface area contributed by atoms with Crippen molar-refractivity contribution in [3.8, 4) is 5.75 Å². The Morgan fingerprint density at radius 1 is 1.00 bits per heavy atom. The minimum Gasteiger partial charge on any atom is -0.507 e. The maximum absolute atomic E-state index is 9.89. The number of phenols is 1. The van der Waals surface area contributed by atoms with Crippen molar-refractivity contribution in [1.82, 2.24) is 0 Å². The van der Waals surface area contributed by atoms with E-state index in [4.69, 9.17) is 5.73 Å². The molecule has 3 N–H and O–H groups in total. The van der Waals surface area contributed by atoms with E-state index in [0.717, 1.165) is 16.5 Å². The van der Waals surface area contributed by atoms with Gasteiger partial charge in [0.2, 0.25) is 0 Å². The van der Waals surface area contributed by atoms with Gasteiger partial charge in [-0.3, -0.25) is 0 Å².